The molecular formula is C15H18N6S. The third-order valence-electron chi connectivity index (χ3n) is 4.19. The molecule has 1 N–H and O–H groups in total. The van der Waals surface area contributed by atoms with Crippen LogP contribution in [0.2, 0.25) is 0 Å². The number of anilines is 1. The maximum atomic E-state index is 4.84. The summed E-state index contributed by atoms with van der Waals surface area (Å²) >= 11 is 1.73. The Kier molecular flexibility index (Phi) is 3.22. The lowest BCUT2D eigenvalue weighted by atomic mass is 10.2. The molecule has 0 atom stereocenters. The Labute approximate surface area is 132 Å². The van der Waals surface area contributed by atoms with E-state index < -0.39 is 0 Å². The van der Waals surface area contributed by atoms with Crippen molar-refractivity contribution in [2.75, 3.05) is 18.0 Å². The Balaban J connectivity index is 1.73. The van der Waals surface area contributed by atoms with Gasteiger partial charge in [-0.15, -0.1) is 11.3 Å². The molecule has 1 aliphatic heterocycles. The molecule has 3 aromatic rings. The van der Waals surface area contributed by atoms with E-state index >= 15 is 0 Å². The second-order valence-electron chi connectivity index (χ2n) is 5.64. The van der Waals surface area contributed by atoms with Crippen molar-refractivity contribution >= 4 is 16.5 Å². The number of nitrogens with one attached hydrogen (secondary N) is 1. The summed E-state index contributed by atoms with van der Waals surface area (Å²) in [6, 6.07) is 2.17. The normalized spacial score (nSPS) is 14.9. The molecule has 1 fully saturated rings. The number of H-pyrrole nitrogens is 1. The van der Waals surface area contributed by atoms with Gasteiger partial charge < -0.3 is 4.90 Å². The van der Waals surface area contributed by atoms with Gasteiger partial charge in [0.1, 0.15) is 6.33 Å². The number of hydrogen-bond acceptors (Lipinski definition) is 5. The predicted molar refractivity (Wildman–Crippen MR) is 87.7 cm³/mol. The molecule has 6 nitrogen and oxygen atoms in total. The van der Waals surface area contributed by atoms with Gasteiger partial charge in [-0.1, -0.05) is 0 Å². The summed E-state index contributed by atoms with van der Waals surface area (Å²) in [7, 11) is 0. The highest BCUT2D eigenvalue weighted by Crippen LogP contribution is 2.33. The number of aryl methyl sites for hydroxylation is 1. The van der Waals surface area contributed by atoms with Crippen LogP contribution in [0, 0.1) is 13.8 Å². The molecule has 0 saturated carbocycles. The SMILES string of the molecule is Cc1cc(-c2csc(N3CCCC3)n2)c(C)n1-c1ncn[nH]1. The third-order valence-corrected chi connectivity index (χ3v) is 5.09. The maximum Gasteiger partial charge on any atom is 0.229 e. The van der Waals surface area contributed by atoms with Crippen LogP contribution < -0.4 is 4.90 Å². The average Bonchev–Trinajstić information content (AvgIpc) is 3.26. The van der Waals surface area contributed by atoms with Crippen LogP contribution in [0.15, 0.2) is 17.8 Å². The summed E-state index contributed by atoms with van der Waals surface area (Å²) in [4.78, 5) is 11.5. The van der Waals surface area contributed by atoms with Gasteiger partial charge in [0.05, 0.1) is 5.69 Å². The van der Waals surface area contributed by atoms with Crippen LogP contribution in [0.4, 0.5) is 5.13 Å². The zero-order valence-corrected chi connectivity index (χ0v) is 13.5. The fourth-order valence-corrected chi connectivity index (χ4v) is 3.98. The fourth-order valence-electron chi connectivity index (χ4n) is 3.10. The van der Waals surface area contributed by atoms with Crippen molar-refractivity contribution in [3.05, 3.63) is 29.2 Å². The smallest absolute Gasteiger partial charge is 0.229 e. The molecule has 4 rings (SSSR count). The molecule has 1 saturated heterocycles. The molecule has 4 heterocycles. The lowest BCUT2D eigenvalue weighted by Crippen LogP contribution is -2.17. The van der Waals surface area contributed by atoms with Gasteiger partial charge in [-0.25, -0.2) is 10.1 Å². The van der Waals surface area contributed by atoms with E-state index in [9.17, 15) is 0 Å². The molecule has 22 heavy (non-hydrogen) atoms. The van der Waals surface area contributed by atoms with Gasteiger partial charge in [0.15, 0.2) is 5.13 Å². The standard InChI is InChI=1S/C15H18N6S/c1-10-7-12(11(2)21(10)14-16-9-17-19-14)13-8-22-15(18-13)20-5-3-4-6-20/h7-9H,3-6H2,1-2H3,(H,16,17,19). The van der Waals surface area contributed by atoms with E-state index in [1.807, 2.05) is 0 Å². The van der Waals surface area contributed by atoms with E-state index in [1.54, 1.807) is 11.3 Å². The summed E-state index contributed by atoms with van der Waals surface area (Å²) < 4.78 is 2.08. The number of aromatic amines is 1. The summed E-state index contributed by atoms with van der Waals surface area (Å²) in [6.45, 7) is 6.43. The van der Waals surface area contributed by atoms with Crippen LogP contribution in [0.25, 0.3) is 17.2 Å². The van der Waals surface area contributed by atoms with Gasteiger partial charge in [-0.2, -0.15) is 10.1 Å². The molecule has 1 aliphatic rings. The lowest BCUT2D eigenvalue weighted by molar-refractivity contribution is 0.879. The van der Waals surface area contributed by atoms with Gasteiger partial charge in [0.2, 0.25) is 5.95 Å². The van der Waals surface area contributed by atoms with E-state index in [1.165, 1.54) is 19.2 Å². The number of thiazole rings is 1. The molecule has 0 amide bonds. The second kappa shape index (κ2) is 5.24. The summed E-state index contributed by atoms with van der Waals surface area (Å²) in [5.41, 5.74) is 4.47. The molecule has 0 aliphatic carbocycles. The van der Waals surface area contributed by atoms with Crippen LogP contribution >= 0.6 is 11.3 Å². The van der Waals surface area contributed by atoms with Crippen molar-refractivity contribution in [1.82, 2.24) is 24.7 Å². The summed E-state index contributed by atoms with van der Waals surface area (Å²) in [5, 5.41) is 10.2. The van der Waals surface area contributed by atoms with Crippen molar-refractivity contribution in [3.8, 4) is 17.2 Å². The minimum absolute atomic E-state index is 0.747. The highest BCUT2D eigenvalue weighted by Gasteiger charge is 2.19. The number of aromatic nitrogens is 5. The summed E-state index contributed by atoms with van der Waals surface area (Å²) in [5.74, 6) is 0.747. The highest BCUT2D eigenvalue weighted by molar-refractivity contribution is 7.14. The third kappa shape index (κ3) is 2.12. The predicted octanol–water partition coefficient (Wildman–Crippen LogP) is 2.94. The molecule has 0 bridgehead atoms. The van der Waals surface area contributed by atoms with Gasteiger partial charge in [-0.3, -0.25) is 4.57 Å². The molecule has 3 aromatic heterocycles. The van der Waals surface area contributed by atoms with Crippen molar-refractivity contribution in [1.29, 1.82) is 0 Å². The van der Waals surface area contributed by atoms with Gasteiger partial charge in [-0.05, 0) is 32.8 Å². The van der Waals surface area contributed by atoms with Crippen LogP contribution in [-0.2, 0) is 0 Å². The zero-order chi connectivity index (χ0) is 15.1. The van der Waals surface area contributed by atoms with Crippen molar-refractivity contribution in [3.63, 3.8) is 0 Å². The molecule has 7 heteroatoms. The van der Waals surface area contributed by atoms with Crippen LogP contribution in [0.5, 0.6) is 0 Å². The maximum absolute atomic E-state index is 4.84. The second-order valence-corrected chi connectivity index (χ2v) is 6.48. The fraction of sp³-hybridized carbons (Fsp3) is 0.400. The molecular weight excluding hydrogens is 296 g/mol. The molecule has 114 valence electrons. The van der Waals surface area contributed by atoms with E-state index in [0.29, 0.717) is 0 Å². The van der Waals surface area contributed by atoms with Crippen LogP contribution in [0.1, 0.15) is 24.2 Å². The highest BCUT2D eigenvalue weighted by atomic mass is 32.1. The molecule has 0 unspecified atom stereocenters. The lowest BCUT2D eigenvalue weighted by Gasteiger charge is -2.12. The van der Waals surface area contributed by atoms with Gasteiger partial charge >= 0.3 is 0 Å². The first kappa shape index (κ1) is 13.5. The number of hydrogen-bond donors (Lipinski definition) is 1. The minimum Gasteiger partial charge on any atom is -0.348 e. The molecule has 0 aromatic carbocycles. The zero-order valence-electron chi connectivity index (χ0n) is 12.7. The van der Waals surface area contributed by atoms with Gasteiger partial charge in [0, 0.05) is 35.4 Å². The number of nitrogens with zero attached hydrogens (tertiary/aromatic N) is 5. The van der Waals surface area contributed by atoms with E-state index in [2.05, 4.69) is 49.9 Å². The van der Waals surface area contributed by atoms with Crippen molar-refractivity contribution < 1.29 is 0 Å². The van der Waals surface area contributed by atoms with E-state index in [0.717, 1.165) is 46.8 Å². The average molecular weight is 314 g/mol. The number of rotatable bonds is 3. The van der Waals surface area contributed by atoms with Crippen molar-refractivity contribution in [2.24, 2.45) is 0 Å². The van der Waals surface area contributed by atoms with Crippen LogP contribution in [-0.4, -0.2) is 37.8 Å². The Morgan fingerprint density at radius 2 is 2.05 bits per heavy atom. The topological polar surface area (TPSA) is 62.6 Å². The van der Waals surface area contributed by atoms with Crippen molar-refractivity contribution in [2.45, 2.75) is 26.7 Å². The first-order valence-electron chi connectivity index (χ1n) is 7.49. The minimum atomic E-state index is 0.747. The quantitative estimate of drug-likeness (QED) is 0.807. The Hall–Kier alpha value is -2.15. The first-order chi connectivity index (χ1) is 10.7. The first-order valence-corrected chi connectivity index (χ1v) is 8.37. The largest absolute Gasteiger partial charge is 0.348 e. The Morgan fingerprint density at radius 3 is 2.77 bits per heavy atom. The van der Waals surface area contributed by atoms with E-state index in [-0.39, 0.29) is 0 Å². The Bertz CT molecular complexity index is 779. The molecule has 0 spiro atoms. The van der Waals surface area contributed by atoms with E-state index in [4.69, 9.17) is 4.98 Å². The monoisotopic (exact) mass is 314 g/mol. The Morgan fingerprint density at radius 1 is 1.23 bits per heavy atom. The van der Waals surface area contributed by atoms with Gasteiger partial charge in [0.25, 0.3) is 0 Å². The molecule has 0 radical (unpaired) electrons. The van der Waals surface area contributed by atoms with Crippen LogP contribution in [0.3, 0.4) is 0 Å². The summed E-state index contributed by atoms with van der Waals surface area (Å²) in [6.07, 6.45) is 4.08.